The lowest BCUT2D eigenvalue weighted by Crippen LogP contribution is -2.30. The number of aromatic nitrogens is 2. The van der Waals surface area contributed by atoms with Crippen LogP contribution < -0.4 is 0 Å². The van der Waals surface area contributed by atoms with Crippen molar-refractivity contribution in [3.63, 3.8) is 0 Å². The number of hydrogen-bond donors (Lipinski definition) is 0. The molecule has 0 bridgehead atoms. The Labute approximate surface area is 158 Å². The number of rotatable bonds is 2. The number of nitrogens with zero attached hydrogens (tertiary/aromatic N) is 3. The molecule has 0 fully saturated rings. The molecule has 134 valence electrons. The SMILES string of the molecule is Cc1nccnc1-c1ccc2c(c1)CN(C)CC2c1cc2ccccc2o1. The average molecular weight is 355 g/mol. The van der Waals surface area contributed by atoms with Gasteiger partial charge in [-0.05, 0) is 43.3 Å². The van der Waals surface area contributed by atoms with E-state index < -0.39 is 0 Å². The highest BCUT2D eigenvalue weighted by atomic mass is 16.3. The zero-order chi connectivity index (χ0) is 18.4. The van der Waals surface area contributed by atoms with Crippen LogP contribution in [0.25, 0.3) is 22.2 Å². The third kappa shape index (κ3) is 2.82. The van der Waals surface area contributed by atoms with Crippen molar-refractivity contribution in [1.82, 2.24) is 14.9 Å². The number of furan rings is 1. The summed E-state index contributed by atoms with van der Waals surface area (Å²) in [6.45, 7) is 3.89. The summed E-state index contributed by atoms with van der Waals surface area (Å²) in [7, 11) is 2.17. The first-order chi connectivity index (χ1) is 13.2. The van der Waals surface area contributed by atoms with Crippen molar-refractivity contribution in [1.29, 1.82) is 0 Å². The molecule has 0 spiro atoms. The van der Waals surface area contributed by atoms with Crippen LogP contribution in [0.2, 0.25) is 0 Å². The summed E-state index contributed by atoms with van der Waals surface area (Å²) in [6.07, 6.45) is 3.49. The largest absolute Gasteiger partial charge is 0.460 e. The molecule has 1 aliphatic rings. The molecule has 4 nitrogen and oxygen atoms in total. The van der Waals surface area contributed by atoms with E-state index >= 15 is 0 Å². The van der Waals surface area contributed by atoms with E-state index in [0.717, 1.165) is 46.8 Å². The highest BCUT2D eigenvalue weighted by Crippen LogP contribution is 2.37. The van der Waals surface area contributed by atoms with Gasteiger partial charge < -0.3 is 9.32 Å². The molecule has 2 aromatic carbocycles. The smallest absolute Gasteiger partial charge is 0.134 e. The molecule has 3 heterocycles. The van der Waals surface area contributed by atoms with E-state index in [1.807, 2.05) is 19.1 Å². The Balaban J connectivity index is 1.60. The molecule has 0 N–H and O–H groups in total. The molecule has 2 aromatic heterocycles. The van der Waals surface area contributed by atoms with Crippen LogP contribution in [-0.2, 0) is 6.54 Å². The number of likely N-dealkylation sites (N-methyl/N-ethyl adjacent to an activating group) is 1. The molecule has 0 saturated carbocycles. The summed E-state index contributed by atoms with van der Waals surface area (Å²) >= 11 is 0. The van der Waals surface area contributed by atoms with Gasteiger partial charge in [0.05, 0.1) is 17.3 Å². The van der Waals surface area contributed by atoms with Crippen LogP contribution in [0.3, 0.4) is 0 Å². The highest BCUT2D eigenvalue weighted by Gasteiger charge is 2.28. The second kappa shape index (κ2) is 6.32. The van der Waals surface area contributed by atoms with Crippen molar-refractivity contribution in [2.75, 3.05) is 13.6 Å². The molecule has 4 heteroatoms. The Morgan fingerprint density at radius 3 is 2.74 bits per heavy atom. The van der Waals surface area contributed by atoms with Gasteiger partial charge in [-0.3, -0.25) is 9.97 Å². The molecule has 1 atom stereocenters. The van der Waals surface area contributed by atoms with Gasteiger partial charge >= 0.3 is 0 Å². The maximum absolute atomic E-state index is 6.20. The van der Waals surface area contributed by atoms with Gasteiger partial charge in [-0.2, -0.15) is 0 Å². The van der Waals surface area contributed by atoms with Crippen LogP contribution in [0.4, 0.5) is 0 Å². The molecule has 0 aliphatic carbocycles. The molecule has 27 heavy (non-hydrogen) atoms. The Morgan fingerprint density at radius 2 is 1.89 bits per heavy atom. The van der Waals surface area contributed by atoms with Crippen molar-refractivity contribution in [3.05, 3.63) is 83.5 Å². The quantitative estimate of drug-likeness (QED) is 0.519. The van der Waals surface area contributed by atoms with Gasteiger partial charge in [-0.1, -0.05) is 30.3 Å². The summed E-state index contributed by atoms with van der Waals surface area (Å²) in [4.78, 5) is 11.3. The van der Waals surface area contributed by atoms with Crippen LogP contribution in [0.1, 0.15) is 28.5 Å². The van der Waals surface area contributed by atoms with Crippen LogP contribution in [0.15, 0.2) is 65.3 Å². The third-order valence-electron chi connectivity index (χ3n) is 5.40. The first-order valence-electron chi connectivity index (χ1n) is 9.27. The maximum Gasteiger partial charge on any atom is 0.134 e. The summed E-state index contributed by atoms with van der Waals surface area (Å²) < 4.78 is 6.20. The second-order valence-electron chi connectivity index (χ2n) is 7.34. The molecule has 1 aliphatic heterocycles. The summed E-state index contributed by atoms with van der Waals surface area (Å²) in [5.41, 5.74) is 6.66. The predicted molar refractivity (Wildman–Crippen MR) is 107 cm³/mol. The lowest BCUT2D eigenvalue weighted by Gasteiger charge is -2.31. The lowest BCUT2D eigenvalue weighted by atomic mass is 9.86. The Morgan fingerprint density at radius 1 is 1.04 bits per heavy atom. The maximum atomic E-state index is 6.20. The zero-order valence-electron chi connectivity index (χ0n) is 15.5. The van der Waals surface area contributed by atoms with Crippen molar-refractivity contribution < 1.29 is 4.42 Å². The number of aryl methyl sites for hydroxylation is 1. The molecular formula is C23H21N3O. The number of hydrogen-bond acceptors (Lipinski definition) is 4. The summed E-state index contributed by atoms with van der Waals surface area (Å²) in [6, 6.07) is 17.1. The minimum Gasteiger partial charge on any atom is -0.460 e. The summed E-state index contributed by atoms with van der Waals surface area (Å²) in [5.74, 6) is 1.27. The first kappa shape index (κ1) is 16.2. The highest BCUT2D eigenvalue weighted by molar-refractivity contribution is 5.78. The zero-order valence-corrected chi connectivity index (χ0v) is 15.5. The fraction of sp³-hybridized carbons (Fsp3) is 0.217. The van der Waals surface area contributed by atoms with Gasteiger partial charge in [0.15, 0.2) is 0 Å². The molecule has 5 rings (SSSR count). The van der Waals surface area contributed by atoms with E-state index in [9.17, 15) is 0 Å². The van der Waals surface area contributed by atoms with Crippen molar-refractivity contribution in [3.8, 4) is 11.3 Å². The number of benzene rings is 2. The minimum atomic E-state index is 0.239. The van der Waals surface area contributed by atoms with E-state index in [1.54, 1.807) is 12.4 Å². The van der Waals surface area contributed by atoms with E-state index in [-0.39, 0.29) is 5.92 Å². The van der Waals surface area contributed by atoms with Gasteiger partial charge in [0.2, 0.25) is 0 Å². The van der Waals surface area contributed by atoms with Gasteiger partial charge in [0.1, 0.15) is 11.3 Å². The van der Waals surface area contributed by atoms with Crippen LogP contribution in [0, 0.1) is 6.92 Å². The van der Waals surface area contributed by atoms with E-state index in [0.29, 0.717) is 0 Å². The van der Waals surface area contributed by atoms with Gasteiger partial charge in [-0.25, -0.2) is 0 Å². The number of fused-ring (bicyclic) bond motifs is 2. The standard InChI is InChI=1S/C23H21N3O/c1-15-23(25-10-9-24-15)17-7-8-19-18(11-17)13-26(2)14-20(19)22-12-16-5-3-4-6-21(16)27-22/h3-12,20H,13-14H2,1-2H3. The Kier molecular flexibility index (Phi) is 3.80. The van der Waals surface area contributed by atoms with E-state index in [4.69, 9.17) is 4.42 Å². The molecule has 0 radical (unpaired) electrons. The third-order valence-corrected chi connectivity index (χ3v) is 5.40. The van der Waals surface area contributed by atoms with Gasteiger partial charge in [-0.15, -0.1) is 0 Å². The molecule has 4 aromatic rings. The van der Waals surface area contributed by atoms with Crippen LogP contribution in [-0.4, -0.2) is 28.5 Å². The number of para-hydroxylation sites is 1. The fourth-order valence-corrected chi connectivity index (χ4v) is 4.10. The predicted octanol–water partition coefficient (Wildman–Crippen LogP) is 4.78. The van der Waals surface area contributed by atoms with E-state index in [2.05, 4.69) is 58.3 Å². The average Bonchev–Trinajstić information content (AvgIpc) is 3.11. The summed E-state index contributed by atoms with van der Waals surface area (Å²) in [5, 5.41) is 1.16. The minimum absolute atomic E-state index is 0.239. The monoisotopic (exact) mass is 355 g/mol. The fourth-order valence-electron chi connectivity index (χ4n) is 4.10. The van der Waals surface area contributed by atoms with Gasteiger partial charge in [0, 0.05) is 36.4 Å². The molecule has 0 amide bonds. The molecule has 0 saturated heterocycles. The van der Waals surface area contributed by atoms with Gasteiger partial charge in [0.25, 0.3) is 0 Å². The van der Waals surface area contributed by atoms with Crippen LogP contribution >= 0.6 is 0 Å². The second-order valence-corrected chi connectivity index (χ2v) is 7.34. The molecular weight excluding hydrogens is 334 g/mol. The Hall–Kier alpha value is -2.98. The Bertz CT molecular complexity index is 1100. The van der Waals surface area contributed by atoms with Crippen LogP contribution in [0.5, 0.6) is 0 Å². The van der Waals surface area contributed by atoms with Crippen molar-refractivity contribution in [2.24, 2.45) is 0 Å². The normalized spacial score (nSPS) is 17.2. The topological polar surface area (TPSA) is 42.2 Å². The van der Waals surface area contributed by atoms with Crippen molar-refractivity contribution >= 4 is 11.0 Å². The van der Waals surface area contributed by atoms with E-state index in [1.165, 1.54) is 11.1 Å². The molecule has 1 unspecified atom stereocenters. The first-order valence-corrected chi connectivity index (χ1v) is 9.27. The van der Waals surface area contributed by atoms with Crippen molar-refractivity contribution in [2.45, 2.75) is 19.4 Å². The lowest BCUT2D eigenvalue weighted by molar-refractivity contribution is 0.282.